The van der Waals surface area contributed by atoms with Crippen LogP contribution in [0.2, 0.25) is 0 Å². The van der Waals surface area contributed by atoms with Gasteiger partial charge in [0.05, 0.1) is 13.7 Å². The standard InChI is InChI=1S/C19H27NO4/c1-23-17-11-9-16(10-12-17)20-18(21)7-4-14-24-19(22)13-8-15-5-2-3-6-15/h9-12,15H,2-8,13-14H2,1H3,(H,20,21). The van der Waals surface area contributed by atoms with Gasteiger partial charge in [-0.05, 0) is 43.0 Å². The summed E-state index contributed by atoms with van der Waals surface area (Å²) in [7, 11) is 1.60. The molecule has 1 aliphatic carbocycles. The Morgan fingerprint density at radius 3 is 2.50 bits per heavy atom. The van der Waals surface area contributed by atoms with Crippen LogP contribution in [0.3, 0.4) is 0 Å². The number of hydrogen-bond donors (Lipinski definition) is 1. The van der Waals surface area contributed by atoms with E-state index in [1.165, 1.54) is 25.7 Å². The molecule has 1 N–H and O–H groups in total. The Balaban J connectivity index is 1.54. The average molecular weight is 333 g/mol. The number of rotatable bonds is 9. The molecule has 1 saturated carbocycles. The van der Waals surface area contributed by atoms with E-state index in [2.05, 4.69) is 5.32 Å². The second-order valence-electron chi connectivity index (χ2n) is 6.29. The molecule has 0 bridgehead atoms. The lowest BCUT2D eigenvalue weighted by molar-refractivity contribution is -0.144. The lowest BCUT2D eigenvalue weighted by Crippen LogP contribution is -2.13. The first-order valence-corrected chi connectivity index (χ1v) is 8.77. The number of amides is 1. The third kappa shape index (κ3) is 6.60. The highest BCUT2D eigenvalue weighted by molar-refractivity contribution is 5.90. The van der Waals surface area contributed by atoms with Gasteiger partial charge in [-0.1, -0.05) is 25.7 Å². The summed E-state index contributed by atoms with van der Waals surface area (Å²) in [5, 5.41) is 2.81. The smallest absolute Gasteiger partial charge is 0.305 e. The molecule has 0 aromatic heterocycles. The summed E-state index contributed by atoms with van der Waals surface area (Å²) < 4.78 is 10.3. The van der Waals surface area contributed by atoms with Crippen LogP contribution in [0, 0.1) is 5.92 Å². The van der Waals surface area contributed by atoms with Gasteiger partial charge in [0.1, 0.15) is 5.75 Å². The van der Waals surface area contributed by atoms with Gasteiger partial charge in [0.25, 0.3) is 0 Å². The highest BCUT2D eigenvalue weighted by Gasteiger charge is 2.16. The zero-order chi connectivity index (χ0) is 17.2. The van der Waals surface area contributed by atoms with Crippen LogP contribution < -0.4 is 10.1 Å². The Kier molecular flexibility index (Phi) is 7.59. The van der Waals surface area contributed by atoms with Crippen molar-refractivity contribution in [2.24, 2.45) is 5.92 Å². The summed E-state index contributed by atoms with van der Waals surface area (Å²) in [4.78, 5) is 23.5. The van der Waals surface area contributed by atoms with Gasteiger partial charge in [0.2, 0.25) is 5.91 Å². The Hall–Kier alpha value is -2.04. The highest BCUT2D eigenvalue weighted by atomic mass is 16.5. The van der Waals surface area contributed by atoms with Crippen LogP contribution in [0.25, 0.3) is 0 Å². The summed E-state index contributed by atoms with van der Waals surface area (Å²) >= 11 is 0. The topological polar surface area (TPSA) is 64.6 Å². The van der Waals surface area contributed by atoms with Gasteiger partial charge in [0.15, 0.2) is 0 Å². The lowest BCUT2D eigenvalue weighted by atomic mass is 10.0. The third-order valence-corrected chi connectivity index (χ3v) is 4.42. The molecule has 1 aliphatic rings. The minimum absolute atomic E-state index is 0.0813. The van der Waals surface area contributed by atoms with Crippen molar-refractivity contribution in [2.45, 2.75) is 51.4 Å². The van der Waals surface area contributed by atoms with Gasteiger partial charge in [-0.3, -0.25) is 9.59 Å². The maximum Gasteiger partial charge on any atom is 0.305 e. The summed E-state index contributed by atoms with van der Waals surface area (Å²) in [5.41, 5.74) is 0.731. The van der Waals surface area contributed by atoms with Crippen molar-refractivity contribution < 1.29 is 19.1 Å². The molecule has 0 radical (unpaired) electrons. The Bertz CT molecular complexity index is 521. The van der Waals surface area contributed by atoms with E-state index in [9.17, 15) is 9.59 Å². The molecule has 5 nitrogen and oxygen atoms in total. The van der Waals surface area contributed by atoms with Gasteiger partial charge in [0, 0.05) is 18.5 Å². The predicted molar refractivity (Wildman–Crippen MR) is 93.0 cm³/mol. The zero-order valence-electron chi connectivity index (χ0n) is 14.4. The molecule has 5 heteroatoms. The molecule has 0 heterocycles. The second kappa shape index (κ2) is 9.96. The summed E-state index contributed by atoms with van der Waals surface area (Å²) in [6.07, 6.45) is 7.41. The maximum atomic E-state index is 11.8. The van der Waals surface area contributed by atoms with Crippen molar-refractivity contribution in [3.8, 4) is 5.75 Å². The summed E-state index contributed by atoms with van der Waals surface area (Å²) in [5.74, 6) is 1.23. The van der Waals surface area contributed by atoms with Gasteiger partial charge < -0.3 is 14.8 Å². The van der Waals surface area contributed by atoms with E-state index in [-0.39, 0.29) is 11.9 Å². The fraction of sp³-hybridized carbons (Fsp3) is 0.579. The van der Waals surface area contributed by atoms with Crippen molar-refractivity contribution >= 4 is 17.6 Å². The summed E-state index contributed by atoms with van der Waals surface area (Å²) in [6.45, 7) is 0.305. The van der Waals surface area contributed by atoms with Crippen LogP contribution in [-0.4, -0.2) is 25.6 Å². The molecule has 1 aromatic rings. The first kappa shape index (κ1) is 18.3. The number of benzene rings is 1. The minimum Gasteiger partial charge on any atom is -0.497 e. The lowest BCUT2D eigenvalue weighted by Gasteiger charge is -2.09. The molecule has 132 valence electrons. The third-order valence-electron chi connectivity index (χ3n) is 4.42. The molecule has 1 aromatic carbocycles. The minimum atomic E-state index is -0.141. The number of esters is 1. The molecule has 0 aliphatic heterocycles. The van der Waals surface area contributed by atoms with E-state index in [0.29, 0.717) is 31.8 Å². The van der Waals surface area contributed by atoms with E-state index in [1.54, 1.807) is 31.4 Å². The molecule has 1 amide bonds. The van der Waals surface area contributed by atoms with E-state index in [0.717, 1.165) is 17.9 Å². The van der Waals surface area contributed by atoms with Crippen molar-refractivity contribution in [1.29, 1.82) is 0 Å². The van der Waals surface area contributed by atoms with E-state index < -0.39 is 0 Å². The summed E-state index contributed by atoms with van der Waals surface area (Å²) in [6, 6.07) is 7.17. The van der Waals surface area contributed by atoms with E-state index in [4.69, 9.17) is 9.47 Å². The largest absolute Gasteiger partial charge is 0.497 e. The number of anilines is 1. The Labute approximate surface area is 143 Å². The van der Waals surface area contributed by atoms with E-state index in [1.807, 2.05) is 0 Å². The monoisotopic (exact) mass is 333 g/mol. The molecule has 0 unspecified atom stereocenters. The molecular formula is C19H27NO4. The molecule has 0 saturated heterocycles. The molecule has 0 atom stereocenters. The van der Waals surface area contributed by atoms with Crippen molar-refractivity contribution in [2.75, 3.05) is 19.0 Å². The number of carbonyl (C=O) groups excluding carboxylic acids is 2. The van der Waals surface area contributed by atoms with Gasteiger partial charge in [-0.25, -0.2) is 0 Å². The second-order valence-corrected chi connectivity index (χ2v) is 6.29. The van der Waals surface area contributed by atoms with Gasteiger partial charge >= 0.3 is 5.97 Å². The van der Waals surface area contributed by atoms with Crippen LogP contribution >= 0.6 is 0 Å². The zero-order valence-corrected chi connectivity index (χ0v) is 14.4. The molecule has 0 spiro atoms. The average Bonchev–Trinajstić information content (AvgIpc) is 3.11. The quantitative estimate of drug-likeness (QED) is 0.549. The number of ether oxygens (including phenoxy) is 2. The number of hydrogen-bond acceptors (Lipinski definition) is 4. The van der Waals surface area contributed by atoms with Crippen LogP contribution in [0.4, 0.5) is 5.69 Å². The highest BCUT2D eigenvalue weighted by Crippen LogP contribution is 2.28. The maximum absolute atomic E-state index is 11.8. The van der Waals surface area contributed by atoms with Crippen LogP contribution in [0.5, 0.6) is 5.75 Å². The van der Waals surface area contributed by atoms with Crippen molar-refractivity contribution in [1.82, 2.24) is 0 Å². The SMILES string of the molecule is COc1ccc(NC(=O)CCCOC(=O)CCC2CCCC2)cc1. The van der Waals surface area contributed by atoms with Crippen molar-refractivity contribution in [3.05, 3.63) is 24.3 Å². The predicted octanol–water partition coefficient (Wildman–Crippen LogP) is 3.93. The van der Waals surface area contributed by atoms with Crippen LogP contribution in [0.1, 0.15) is 51.4 Å². The first-order valence-electron chi connectivity index (χ1n) is 8.77. The number of carbonyl (C=O) groups is 2. The van der Waals surface area contributed by atoms with Crippen molar-refractivity contribution in [3.63, 3.8) is 0 Å². The normalized spacial score (nSPS) is 14.4. The molecule has 1 fully saturated rings. The van der Waals surface area contributed by atoms with Gasteiger partial charge in [-0.15, -0.1) is 0 Å². The molecule has 24 heavy (non-hydrogen) atoms. The fourth-order valence-corrected chi connectivity index (χ4v) is 3.01. The number of nitrogens with one attached hydrogen (secondary N) is 1. The number of methoxy groups -OCH3 is 1. The van der Waals surface area contributed by atoms with Crippen LogP contribution in [0.15, 0.2) is 24.3 Å². The molecular weight excluding hydrogens is 306 g/mol. The Morgan fingerprint density at radius 2 is 1.83 bits per heavy atom. The fourth-order valence-electron chi connectivity index (χ4n) is 3.01. The Morgan fingerprint density at radius 1 is 1.12 bits per heavy atom. The van der Waals surface area contributed by atoms with Gasteiger partial charge in [-0.2, -0.15) is 0 Å². The first-order chi connectivity index (χ1) is 11.7. The molecule has 2 rings (SSSR count). The van der Waals surface area contributed by atoms with Crippen LogP contribution in [-0.2, 0) is 14.3 Å². The van der Waals surface area contributed by atoms with E-state index >= 15 is 0 Å².